The average Bonchev–Trinajstić information content (AvgIpc) is 2.54. The minimum Gasteiger partial charge on any atom is -0.465 e. The second-order valence-corrected chi connectivity index (χ2v) is 5.08. The summed E-state index contributed by atoms with van der Waals surface area (Å²) in [5, 5.41) is 1.13. The third kappa shape index (κ3) is 2.49. The maximum atomic E-state index is 12.2. The van der Waals surface area contributed by atoms with Crippen LogP contribution < -0.4 is 5.63 Å². The molecule has 0 unspecified atom stereocenters. The molecule has 22 heavy (non-hydrogen) atoms. The van der Waals surface area contributed by atoms with Crippen LogP contribution in [0.1, 0.15) is 10.4 Å². The van der Waals surface area contributed by atoms with Gasteiger partial charge in [-0.3, -0.25) is 0 Å². The van der Waals surface area contributed by atoms with E-state index in [2.05, 4.69) is 4.74 Å². The van der Waals surface area contributed by atoms with Gasteiger partial charge in [0.05, 0.1) is 18.2 Å². The van der Waals surface area contributed by atoms with Gasteiger partial charge in [-0.25, -0.2) is 9.59 Å². The lowest BCUT2D eigenvalue weighted by Gasteiger charge is -2.07. The Balaban J connectivity index is 2.24. The van der Waals surface area contributed by atoms with E-state index < -0.39 is 11.6 Å². The Morgan fingerprint density at radius 2 is 1.86 bits per heavy atom. The SMILES string of the molecule is COC(=O)c1ccc(Cl)c(-c2cc3ccccc3oc2=O)c1. The van der Waals surface area contributed by atoms with Crippen molar-refractivity contribution in [1.29, 1.82) is 0 Å². The van der Waals surface area contributed by atoms with Gasteiger partial charge in [0.1, 0.15) is 5.58 Å². The van der Waals surface area contributed by atoms with Crippen LogP contribution in [0.25, 0.3) is 22.1 Å². The van der Waals surface area contributed by atoms with Crippen LogP contribution in [0.3, 0.4) is 0 Å². The smallest absolute Gasteiger partial charge is 0.344 e. The topological polar surface area (TPSA) is 56.5 Å². The number of carbonyl (C=O) groups excluding carboxylic acids is 1. The zero-order chi connectivity index (χ0) is 15.7. The molecular weight excluding hydrogens is 304 g/mol. The summed E-state index contributed by atoms with van der Waals surface area (Å²) in [6, 6.07) is 13.5. The number of halogens is 1. The van der Waals surface area contributed by atoms with Gasteiger partial charge in [0.25, 0.3) is 0 Å². The molecule has 1 heterocycles. The van der Waals surface area contributed by atoms with Crippen molar-refractivity contribution >= 4 is 28.5 Å². The van der Waals surface area contributed by atoms with Gasteiger partial charge in [0, 0.05) is 16.0 Å². The van der Waals surface area contributed by atoms with Crippen LogP contribution in [0.15, 0.2) is 57.7 Å². The van der Waals surface area contributed by atoms with Crippen molar-refractivity contribution in [3.63, 3.8) is 0 Å². The van der Waals surface area contributed by atoms with Crippen molar-refractivity contribution in [3.05, 3.63) is 69.5 Å². The van der Waals surface area contributed by atoms with Gasteiger partial charge in [-0.05, 0) is 30.3 Å². The van der Waals surface area contributed by atoms with Crippen molar-refractivity contribution < 1.29 is 13.9 Å². The van der Waals surface area contributed by atoms with Crippen molar-refractivity contribution in [2.24, 2.45) is 0 Å². The molecule has 0 amide bonds. The number of fused-ring (bicyclic) bond motifs is 1. The molecule has 2 aromatic carbocycles. The molecule has 0 saturated heterocycles. The number of hydrogen-bond donors (Lipinski definition) is 0. The Hall–Kier alpha value is -2.59. The number of hydrogen-bond acceptors (Lipinski definition) is 4. The fourth-order valence-corrected chi connectivity index (χ4v) is 2.45. The van der Waals surface area contributed by atoms with Crippen molar-refractivity contribution in [2.45, 2.75) is 0 Å². The van der Waals surface area contributed by atoms with Crippen LogP contribution in [0.4, 0.5) is 0 Å². The molecular formula is C17H11ClO4. The summed E-state index contributed by atoms with van der Waals surface area (Å²) in [7, 11) is 1.29. The summed E-state index contributed by atoms with van der Waals surface area (Å²) in [6.07, 6.45) is 0. The maximum absolute atomic E-state index is 12.2. The second-order valence-electron chi connectivity index (χ2n) is 4.67. The van der Waals surface area contributed by atoms with Crippen molar-refractivity contribution in [1.82, 2.24) is 0 Å². The molecule has 5 heteroatoms. The largest absolute Gasteiger partial charge is 0.465 e. The lowest BCUT2D eigenvalue weighted by atomic mass is 10.0. The summed E-state index contributed by atoms with van der Waals surface area (Å²) in [5.41, 5.74) is 1.03. The van der Waals surface area contributed by atoms with Gasteiger partial charge in [-0.15, -0.1) is 0 Å². The first-order valence-electron chi connectivity index (χ1n) is 6.51. The highest BCUT2D eigenvalue weighted by Crippen LogP contribution is 2.29. The normalized spacial score (nSPS) is 10.6. The molecule has 0 saturated carbocycles. The fraction of sp³-hybridized carbons (Fsp3) is 0.0588. The van der Waals surface area contributed by atoms with E-state index in [4.69, 9.17) is 16.0 Å². The zero-order valence-corrected chi connectivity index (χ0v) is 12.4. The summed E-state index contributed by atoms with van der Waals surface area (Å²) < 4.78 is 9.98. The van der Waals surface area contributed by atoms with Crippen LogP contribution in [-0.4, -0.2) is 13.1 Å². The van der Waals surface area contributed by atoms with Crippen LogP contribution in [0.2, 0.25) is 5.02 Å². The summed E-state index contributed by atoms with van der Waals surface area (Å²) in [5.74, 6) is -0.497. The molecule has 0 bridgehead atoms. The Morgan fingerprint density at radius 1 is 1.09 bits per heavy atom. The van der Waals surface area contributed by atoms with Crippen LogP contribution in [-0.2, 0) is 4.74 Å². The number of benzene rings is 2. The molecule has 0 aliphatic carbocycles. The predicted octanol–water partition coefficient (Wildman–Crippen LogP) is 3.90. The molecule has 3 aromatic rings. The number of para-hydroxylation sites is 1. The first-order chi connectivity index (χ1) is 10.6. The van der Waals surface area contributed by atoms with Gasteiger partial charge < -0.3 is 9.15 Å². The average molecular weight is 315 g/mol. The monoisotopic (exact) mass is 314 g/mol. The van der Waals surface area contributed by atoms with Gasteiger partial charge >= 0.3 is 11.6 Å². The highest BCUT2D eigenvalue weighted by molar-refractivity contribution is 6.33. The van der Waals surface area contributed by atoms with Crippen molar-refractivity contribution in [2.75, 3.05) is 7.11 Å². The first-order valence-corrected chi connectivity index (χ1v) is 6.89. The molecule has 0 aliphatic heterocycles. The van der Waals surface area contributed by atoms with Gasteiger partial charge in [-0.1, -0.05) is 29.8 Å². The molecule has 3 rings (SSSR count). The number of ether oxygens (including phenoxy) is 1. The highest BCUT2D eigenvalue weighted by Gasteiger charge is 2.14. The number of methoxy groups -OCH3 is 1. The summed E-state index contributed by atoms with van der Waals surface area (Å²) in [6.45, 7) is 0. The zero-order valence-electron chi connectivity index (χ0n) is 11.6. The Bertz CT molecular complexity index is 927. The molecule has 0 atom stereocenters. The summed E-state index contributed by atoms with van der Waals surface area (Å²) in [4.78, 5) is 23.8. The molecule has 0 aliphatic rings. The van der Waals surface area contributed by atoms with Gasteiger partial charge in [-0.2, -0.15) is 0 Å². The second kappa shape index (κ2) is 5.66. The maximum Gasteiger partial charge on any atom is 0.344 e. The number of esters is 1. The predicted molar refractivity (Wildman–Crippen MR) is 84.3 cm³/mol. The Labute approximate surface area is 130 Å². The quantitative estimate of drug-likeness (QED) is 0.532. The minimum absolute atomic E-state index is 0.300. The Morgan fingerprint density at radius 3 is 2.64 bits per heavy atom. The third-order valence-corrected chi connectivity index (χ3v) is 3.65. The van der Waals surface area contributed by atoms with Gasteiger partial charge in [0.2, 0.25) is 0 Å². The standard InChI is InChI=1S/C17H11ClO4/c1-21-16(19)11-6-7-14(18)12(9-11)13-8-10-4-2-3-5-15(10)22-17(13)20/h2-9H,1H3. The van der Waals surface area contributed by atoms with E-state index in [9.17, 15) is 9.59 Å². The van der Waals surface area contributed by atoms with E-state index >= 15 is 0 Å². The Kier molecular flexibility index (Phi) is 3.69. The molecule has 0 spiro atoms. The lowest BCUT2D eigenvalue weighted by molar-refractivity contribution is 0.0601. The molecule has 4 nitrogen and oxygen atoms in total. The molecule has 110 valence electrons. The number of carbonyl (C=O) groups is 1. The fourth-order valence-electron chi connectivity index (χ4n) is 2.23. The van der Waals surface area contributed by atoms with Crippen LogP contribution in [0, 0.1) is 0 Å². The van der Waals surface area contributed by atoms with E-state index in [-0.39, 0.29) is 0 Å². The van der Waals surface area contributed by atoms with Crippen LogP contribution in [0.5, 0.6) is 0 Å². The van der Waals surface area contributed by atoms with Crippen LogP contribution >= 0.6 is 11.6 Å². The van der Waals surface area contributed by atoms with E-state index in [0.29, 0.717) is 27.3 Å². The first kappa shape index (κ1) is 14.4. The lowest BCUT2D eigenvalue weighted by Crippen LogP contribution is -2.05. The number of rotatable bonds is 2. The third-order valence-electron chi connectivity index (χ3n) is 3.32. The molecule has 0 N–H and O–H groups in total. The molecule has 0 radical (unpaired) electrons. The van der Waals surface area contributed by atoms with E-state index in [1.165, 1.54) is 13.2 Å². The van der Waals surface area contributed by atoms with Crippen molar-refractivity contribution in [3.8, 4) is 11.1 Å². The van der Waals surface area contributed by atoms with E-state index in [1.54, 1.807) is 30.3 Å². The molecule has 0 fully saturated rings. The van der Waals surface area contributed by atoms with E-state index in [1.807, 2.05) is 12.1 Å². The molecule has 1 aromatic heterocycles. The highest BCUT2D eigenvalue weighted by atomic mass is 35.5. The minimum atomic E-state index is -0.511. The van der Waals surface area contributed by atoms with Gasteiger partial charge in [0.15, 0.2) is 0 Å². The summed E-state index contributed by atoms with van der Waals surface area (Å²) >= 11 is 6.17. The van der Waals surface area contributed by atoms with E-state index in [0.717, 1.165) is 5.39 Å².